The first-order valence-corrected chi connectivity index (χ1v) is 11.2. The summed E-state index contributed by atoms with van der Waals surface area (Å²) in [6, 6.07) is 9.25. The van der Waals surface area contributed by atoms with Gasteiger partial charge < -0.3 is 10.4 Å². The van der Waals surface area contributed by atoms with Crippen molar-refractivity contribution in [1.29, 1.82) is 0 Å². The van der Waals surface area contributed by atoms with Crippen LogP contribution in [0.3, 0.4) is 0 Å². The largest absolute Gasteiger partial charge is 0.477 e. The van der Waals surface area contributed by atoms with E-state index in [0.717, 1.165) is 5.56 Å². The second-order valence-corrected chi connectivity index (χ2v) is 8.88. The highest BCUT2D eigenvalue weighted by Crippen LogP contribution is 2.46. The van der Waals surface area contributed by atoms with E-state index in [4.69, 9.17) is 0 Å². The first-order chi connectivity index (χ1) is 14.5. The van der Waals surface area contributed by atoms with Crippen LogP contribution in [0.4, 0.5) is 0 Å². The summed E-state index contributed by atoms with van der Waals surface area (Å²) in [4.78, 5) is 47.0. The number of benzene rings is 1. The zero-order chi connectivity index (χ0) is 21.1. The minimum Gasteiger partial charge on any atom is -0.477 e. The molecule has 154 valence electrons. The van der Waals surface area contributed by atoms with Gasteiger partial charge in [0.1, 0.15) is 16.1 Å². The van der Waals surface area contributed by atoms with E-state index in [9.17, 15) is 19.5 Å². The van der Waals surface area contributed by atoms with Gasteiger partial charge in [-0.25, -0.2) is 9.78 Å². The third kappa shape index (κ3) is 3.80. The maximum Gasteiger partial charge on any atom is 0.352 e. The molecule has 10 heteroatoms. The van der Waals surface area contributed by atoms with Crippen molar-refractivity contribution < 1.29 is 19.5 Å². The summed E-state index contributed by atoms with van der Waals surface area (Å²) in [7, 11) is 0. The van der Waals surface area contributed by atoms with Crippen molar-refractivity contribution in [2.24, 2.45) is 0 Å². The molecule has 2 aromatic rings. The Morgan fingerprint density at radius 3 is 2.80 bits per heavy atom. The van der Waals surface area contributed by atoms with Crippen LogP contribution in [0.25, 0.3) is 0 Å². The zero-order valence-corrected chi connectivity index (χ0v) is 17.4. The Labute approximate surface area is 181 Å². The number of nitrogens with zero attached hydrogens (tertiary/aromatic N) is 3. The monoisotopic (exact) mass is 442 g/mol. The molecule has 0 aliphatic carbocycles. The lowest BCUT2D eigenvalue weighted by Crippen LogP contribution is -2.81. The molecule has 2 aliphatic rings. The van der Waals surface area contributed by atoms with E-state index in [1.165, 1.54) is 34.5 Å². The van der Waals surface area contributed by atoms with Gasteiger partial charge in [-0.05, 0) is 11.6 Å². The number of amides is 2. The van der Waals surface area contributed by atoms with Crippen LogP contribution >= 0.6 is 23.5 Å². The highest BCUT2D eigenvalue weighted by atomic mass is 32.2. The SMILES string of the molecule is O=C(Cc1ccccc1)NC1(CSc2cnccn2)C(=O)N2C(C(=O)O)=CCS[C@H]21. The van der Waals surface area contributed by atoms with Crippen molar-refractivity contribution >= 4 is 41.3 Å². The van der Waals surface area contributed by atoms with Gasteiger partial charge in [0.25, 0.3) is 5.91 Å². The van der Waals surface area contributed by atoms with Crippen molar-refractivity contribution in [3.63, 3.8) is 0 Å². The number of carboxylic acids is 1. The number of aliphatic carboxylic acids is 1. The summed E-state index contributed by atoms with van der Waals surface area (Å²) >= 11 is 2.73. The Hall–Kier alpha value is -2.85. The second kappa shape index (κ2) is 8.49. The molecule has 0 bridgehead atoms. The molecule has 1 aromatic heterocycles. The van der Waals surface area contributed by atoms with Crippen LogP contribution in [-0.2, 0) is 20.8 Å². The van der Waals surface area contributed by atoms with Crippen molar-refractivity contribution in [1.82, 2.24) is 20.2 Å². The summed E-state index contributed by atoms with van der Waals surface area (Å²) < 4.78 is 0. The topological polar surface area (TPSA) is 112 Å². The first kappa shape index (κ1) is 20.4. The number of carboxylic acid groups (broad SMARTS) is 1. The zero-order valence-electron chi connectivity index (χ0n) is 15.7. The van der Waals surface area contributed by atoms with Gasteiger partial charge >= 0.3 is 5.97 Å². The van der Waals surface area contributed by atoms with E-state index < -0.39 is 22.8 Å². The van der Waals surface area contributed by atoms with E-state index in [-0.39, 0.29) is 23.8 Å². The minimum absolute atomic E-state index is 0.0406. The Bertz CT molecular complexity index is 1000. The molecule has 0 spiro atoms. The molecule has 1 aromatic carbocycles. The van der Waals surface area contributed by atoms with Crippen LogP contribution in [0.5, 0.6) is 0 Å². The average molecular weight is 443 g/mol. The molecule has 2 N–H and O–H groups in total. The van der Waals surface area contributed by atoms with Gasteiger partial charge in [0.2, 0.25) is 5.91 Å². The fourth-order valence-corrected chi connectivity index (χ4v) is 5.87. The van der Waals surface area contributed by atoms with Crippen molar-refractivity contribution in [2.45, 2.75) is 22.4 Å². The Balaban J connectivity index is 1.57. The number of nitrogens with one attached hydrogen (secondary N) is 1. The third-order valence-electron chi connectivity index (χ3n) is 4.82. The maximum absolute atomic E-state index is 13.2. The van der Waals surface area contributed by atoms with E-state index >= 15 is 0 Å². The number of fused-ring (bicyclic) bond motifs is 1. The number of β-lactam (4-membered cyclic amide) rings is 1. The van der Waals surface area contributed by atoms with E-state index in [1.54, 1.807) is 18.6 Å². The fourth-order valence-electron chi connectivity index (χ4n) is 3.45. The lowest BCUT2D eigenvalue weighted by Gasteiger charge is -2.56. The minimum atomic E-state index is -1.21. The van der Waals surface area contributed by atoms with Crippen LogP contribution in [0.2, 0.25) is 0 Å². The van der Waals surface area contributed by atoms with Crippen LogP contribution in [0.15, 0.2) is 65.7 Å². The molecule has 3 heterocycles. The van der Waals surface area contributed by atoms with E-state index in [2.05, 4.69) is 15.3 Å². The molecule has 30 heavy (non-hydrogen) atoms. The standard InChI is InChI=1S/C20H18N4O4S2/c25-15(10-13-4-2-1-3-5-13)23-20(12-30-16-11-21-7-8-22-16)18(28)24-14(17(26)27)6-9-29-19(20)24/h1-8,11,19H,9-10,12H2,(H,23,25)(H,26,27)/t19-,20?/m0/s1. The van der Waals surface area contributed by atoms with E-state index in [0.29, 0.717) is 10.8 Å². The van der Waals surface area contributed by atoms with Gasteiger partial charge in [-0.2, -0.15) is 0 Å². The molecule has 2 aliphatic heterocycles. The van der Waals surface area contributed by atoms with Gasteiger partial charge in [-0.15, -0.1) is 23.5 Å². The molecule has 1 fully saturated rings. The van der Waals surface area contributed by atoms with Gasteiger partial charge in [0, 0.05) is 23.9 Å². The number of rotatable bonds is 7. The highest BCUT2D eigenvalue weighted by Gasteiger charge is 2.64. The molecule has 0 radical (unpaired) electrons. The predicted molar refractivity (Wildman–Crippen MR) is 113 cm³/mol. The molecule has 1 saturated heterocycles. The summed E-state index contributed by atoms with van der Waals surface area (Å²) in [5.74, 6) is -1.19. The molecular weight excluding hydrogens is 424 g/mol. The molecular formula is C20H18N4O4S2. The number of hydrogen-bond acceptors (Lipinski definition) is 7. The first-order valence-electron chi connectivity index (χ1n) is 9.14. The highest BCUT2D eigenvalue weighted by molar-refractivity contribution is 8.01. The molecule has 0 saturated carbocycles. The van der Waals surface area contributed by atoms with Gasteiger partial charge in [-0.3, -0.25) is 19.5 Å². The number of thioether (sulfide) groups is 2. The van der Waals surface area contributed by atoms with Crippen LogP contribution in [-0.4, -0.2) is 60.2 Å². The summed E-state index contributed by atoms with van der Waals surface area (Å²) in [6.07, 6.45) is 6.34. The van der Waals surface area contributed by atoms with E-state index in [1.807, 2.05) is 30.3 Å². The molecule has 4 rings (SSSR count). The number of hydrogen-bond donors (Lipinski definition) is 2. The van der Waals surface area contributed by atoms with Gasteiger partial charge in [0.05, 0.1) is 12.6 Å². The Morgan fingerprint density at radius 2 is 2.10 bits per heavy atom. The molecule has 8 nitrogen and oxygen atoms in total. The molecule has 2 atom stereocenters. The van der Waals surface area contributed by atoms with Crippen molar-refractivity contribution in [3.8, 4) is 0 Å². The number of aromatic nitrogens is 2. The van der Waals surface area contributed by atoms with Crippen molar-refractivity contribution in [2.75, 3.05) is 11.5 Å². The van der Waals surface area contributed by atoms with Crippen LogP contribution < -0.4 is 5.32 Å². The van der Waals surface area contributed by atoms with Gasteiger partial charge in [0.15, 0.2) is 5.54 Å². The quantitative estimate of drug-likeness (QED) is 0.491. The fraction of sp³-hybridized carbons (Fsp3) is 0.250. The predicted octanol–water partition coefficient (Wildman–Crippen LogP) is 1.55. The van der Waals surface area contributed by atoms with Crippen molar-refractivity contribution in [3.05, 3.63) is 66.3 Å². The number of carbonyl (C=O) groups is 3. The Kier molecular flexibility index (Phi) is 5.78. The number of carbonyl (C=O) groups excluding carboxylic acids is 2. The average Bonchev–Trinajstić information content (AvgIpc) is 2.77. The smallest absolute Gasteiger partial charge is 0.352 e. The summed E-state index contributed by atoms with van der Waals surface area (Å²) in [6.45, 7) is 0. The third-order valence-corrected chi connectivity index (χ3v) is 7.22. The lowest BCUT2D eigenvalue weighted by molar-refractivity contribution is -0.157. The van der Waals surface area contributed by atoms with Crippen LogP contribution in [0, 0.1) is 0 Å². The summed E-state index contributed by atoms with van der Waals surface area (Å²) in [5, 5.41) is 12.5. The normalized spacial score (nSPS) is 22.5. The Morgan fingerprint density at radius 1 is 1.30 bits per heavy atom. The maximum atomic E-state index is 13.2. The van der Waals surface area contributed by atoms with Crippen LogP contribution in [0.1, 0.15) is 5.56 Å². The molecule has 1 unspecified atom stereocenters. The van der Waals surface area contributed by atoms with Gasteiger partial charge in [-0.1, -0.05) is 30.3 Å². The second-order valence-electron chi connectivity index (χ2n) is 6.77. The molecule has 2 amide bonds. The lowest BCUT2D eigenvalue weighted by atomic mass is 9.88. The summed E-state index contributed by atoms with van der Waals surface area (Å²) in [5.41, 5.74) is -0.424.